The summed E-state index contributed by atoms with van der Waals surface area (Å²) in [5.74, 6) is 1.72. The molecule has 1 spiro atoms. The molecule has 2 heterocycles. The van der Waals surface area contributed by atoms with Crippen molar-refractivity contribution in [2.75, 3.05) is 0 Å². The maximum Gasteiger partial charge on any atom is 0.498 e. The minimum Gasteiger partial charge on any atom is -0.456 e. The van der Waals surface area contributed by atoms with Gasteiger partial charge in [0.1, 0.15) is 11.5 Å². The summed E-state index contributed by atoms with van der Waals surface area (Å²) in [4.78, 5) is 0. The Labute approximate surface area is 229 Å². The van der Waals surface area contributed by atoms with Crippen LogP contribution in [-0.2, 0) is 14.7 Å². The number of para-hydroxylation sites is 1. The first-order chi connectivity index (χ1) is 18.8. The van der Waals surface area contributed by atoms with Crippen LogP contribution in [0.25, 0.3) is 21.9 Å². The van der Waals surface area contributed by atoms with E-state index in [4.69, 9.17) is 14.0 Å². The molecule has 0 N–H and O–H groups in total. The molecular formula is C35H29BO3. The van der Waals surface area contributed by atoms with Crippen LogP contribution in [0.3, 0.4) is 0 Å². The molecule has 3 nitrogen and oxygen atoms in total. The van der Waals surface area contributed by atoms with E-state index in [-0.39, 0.29) is 0 Å². The quantitative estimate of drug-likeness (QED) is 0.214. The predicted octanol–water partition coefficient (Wildman–Crippen LogP) is 7.61. The number of fused-ring (bicyclic) bond motifs is 11. The molecule has 0 radical (unpaired) electrons. The van der Waals surface area contributed by atoms with Crippen molar-refractivity contribution in [3.63, 3.8) is 0 Å². The van der Waals surface area contributed by atoms with Crippen LogP contribution in [0.1, 0.15) is 49.9 Å². The lowest BCUT2D eigenvalue weighted by Gasteiger charge is -2.40. The molecule has 1 aliphatic carbocycles. The summed E-state index contributed by atoms with van der Waals surface area (Å²) < 4.78 is 20.2. The highest BCUT2D eigenvalue weighted by molar-refractivity contribution is 6.63. The highest BCUT2D eigenvalue weighted by Gasteiger charge is 2.56. The molecule has 39 heavy (non-hydrogen) atoms. The van der Waals surface area contributed by atoms with Gasteiger partial charge in [0.25, 0.3) is 0 Å². The van der Waals surface area contributed by atoms with Crippen molar-refractivity contribution in [1.29, 1.82) is 0 Å². The van der Waals surface area contributed by atoms with Crippen LogP contribution in [0.5, 0.6) is 11.5 Å². The standard InChI is InChI=1S/C35H29BO3/c1-33(2)34(3,4)39-36(38-33)30-19-11-18-28-32(30)37-31-23-13-6-5-12-22(23)20-21-29(31)35(28)26-16-9-7-14-24(26)25-15-8-10-17-27(25)35/h5-21H,1-4H3. The third-order valence-electron chi connectivity index (χ3n) is 9.40. The molecule has 0 amide bonds. The number of hydrogen-bond donors (Lipinski definition) is 0. The van der Waals surface area contributed by atoms with Crippen molar-refractivity contribution in [3.8, 4) is 22.6 Å². The third-order valence-corrected chi connectivity index (χ3v) is 9.40. The summed E-state index contributed by atoms with van der Waals surface area (Å²) in [7, 11) is -0.537. The van der Waals surface area contributed by atoms with Gasteiger partial charge in [0.2, 0.25) is 0 Å². The van der Waals surface area contributed by atoms with Crippen LogP contribution in [-0.4, -0.2) is 18.3 Å². The summed E-state index contributed by atoms with van der Waals surface area (Å²) in [6, 6.07) is 37.1. The van der Waals surface area contributed by atoms with Gasteiger partial charge in [-0.15, -0.1) is 0 Å². The Morgan fingerprint density at radius 1 is 0.513 bits per heavy atom. The van der Waals surface area contributed by atoms with Crippen LogP contribution in [0.4, 0.5) is 0 Å². The van der Waals surface area contributed by atoms with Crippen LogP contribution < -0.4 is 10.2 Å². The van der Waals surface area contributed by atoms with Crippen LogP contribution in [0.15, 0.2) is 103 Å². The molecule has 190 valence electrons. The monoisotopic (exact) mass is 508 g/mol. The first kappa shape index (κ1) is 23.1. The second-order valence-corrected chi connectivity index (χ2v) is 11.9. The molecule has 0 aromatic heterocycles. The van der Waals surface area contributed by atoms with Crippen molar-refractivity contribution in [3.05, 3.63) is 125 Å². The normalized spacial score (nSPS) is 18.8. The van der Waals surface area contributed by atoms with E-state index in [0.717, 1.165) is 38.9 Å². The lowest BCUT2D eigenvalue weighted by atomic mass is 9.63. The fraction of sp³-hybridized carbons (Fsp3) is 0.200. The lowest BCUT2D eigenvalue weighted by molar-refractivity contribution is 0.00578. The van der Waals surface area contributed by atoms with Gasteiger partial charge in [-0.1, -0.05) is 103 Å². The Bertz CT molecular complexity index is 1760. The molecule has 5 aromatic carbocycles. The first-order valence-electron chi connectivity index (χ1n) is 13.7. The fourth-order valence-corrected chi connectivity index (χ4v) is 6.83. The average molecular weight is 508 g/mol. The van der Waals surface area contributed by atoms with E-state index in [0.29, 0.717) is 0 Å². The van der Waals surface area contributed by atoms with E-state index >= 15 is 0 Å². The van der Waals surface area contributed by atoms with Gasteiger partial charge in [0.05, 0.1) is 16.6 Å². The van der Waals surface area contributed by atoms with Crippen molar-refractivity contribution < 1.29 is 14.0 Å². The van der Waals surface area contributed by atoms with Crippen molar-refractivity contribution in [1.82, 2.24) is 0 Å². The minimum atomic E-state index is -0.537. The molecule has 4 heteroatoms. The van der Waals surface area contributed by atoms with Crippen LogP contribution in [0.2, 0.25) is 0 Å². The lowest BCUT2D eigenvalue weighted by Crippen LogP contribution is -2.41. The SMILES string of the molecule is CC1(C)OB(c2cccc3c2Oc2c(ccc4ccccc24)C32c3ccccc3-c3ccccc32)OC1(C)C. The Morgan fingerprint density at radius 2 is 1.08 bits per heavy atom. The highest BCUT2D eigenvalue weighted by atomic mass is 16.7. The number of hydrogen-bond acceptors (Lipinski definition) is 3. The van der Waals surface area contributed by atoms with Gasteiger partial charge in [-0.2, -0.15) is 0 Å². The van der Waals surface area contributed by atoms with Crippen molar-refractivity contribution >= 4 is 23.4 Å². The maximum absolute atomic E-state index is 7.03. The van der Waals surface area contributed by atoms with Gasteiger partial charge >= 0.3 is 7.12 Å². The number of rotatable bonds is 1. The van der Waals surface area contributed by atoms with E-state index in [2.05, 4.69) is 131 Å². The second-order valence-electron chi connectivity index (χ2n) is 11.9. The van der Waals surface area contributed by atoms with Crippen molar-refractivity contribution in [2.45, 2.75) is 44.3 Å². The largest absolute Gasteiger partial charge is 0.498 e. The molecule has 8 rings (SSSR count). The zero-order valence-corrected chi connectivity index (χ0v) is 22.6. The highest BCUT2D eigenvalue weighted by Crippen LogP contribution is 2.62. The van der Waals surface area contributed by atoms with E-state index in [9.17, 15) is 0 Å². The van der Waals surface area contributed by atoms with E-state index in [1.807, 2.05) is 0 Å². The summed E-state index contributed by atoms with van der Waals surface area (Å²) >= 11 is 0. The summed E-state index contributed by atoms with van der Waals surface area (Å²) in [5.41, 5.74) is 6.85. The van der Waals surface area contributed by atoms with Gasteiger partial charge in [0.15, 0.2) is 0 Å². The second kappa shape index (κ2) is 7.62. The molecule has 0 saturated carbocycles. The molecular weight excluding hydrogens is 479 g/mol. The van der Waals surface area contributed by atoms with E-state index in [1.165, 1.54) is 22.3 Å². The van der Waals surface area contributed by atoms with Gasteiger partial charge in [0, 0.05) is 22.0 Å². The smallest absolute Gasteiger partial charge is 0.456 e. The van der Waals surface area contributed by atoms with E-state index < -0.39 is 23.7 Å². The van der Waals surface area contributed by atoms with Crippen molar-refractivity contribution in [2.24, 2.45) is 0 Å². The Balaban J connectivity index is 1.50. The fourth-order valence-electron chi connectivity index (χ4n) is 6.83. The molecule has 2 aliphatic heterocycles. The molecule has 1 saturated heterocycles. The maximum atomic E-state index is 7.03. The Morgan fingerprint density at radius 3 is 1.77 bits per heavy atom. The summed E-state index contributed by atoms with van der Waals surface area (Å²) in [5, 5.41) is 2.26. The molecule has 3 aliphatic rings. The van der Waals surface area contributed by atoms with E-state index in [1.54, 1.807) is 0 Å². The first-order valence-corrected chi connectivity index (χ1v) is 13.7. The zero-order valence-electron chi connectivity index (χ0n) is 22.6. The molecule has 5 aromatic rings. The topological polar surface area (TPSA) is 27.7 Å². The number of ether oxygens (including phenoxy) is 1. The number of benzene rings is 5. The molecule has 1 fully saturated rings. The zero-order chi connectivity index (χ0) is 26.6. The average Bonchev–Trinajstić information content (AvgIpc) is 3.35. The third kappa shape index (κ3) is 2.86. The molecule has 0 bridgehead atoms. The van der Waals surface area contributed by atoms with Gasteiger partial charge in [-0.25, -0.2) is 0 Å². The Kier molecular flexibility index (Phi) is 4.51. The van der Waals surface area contributed by atoms with Gasteiger partial charge < -0.3 is 14.0 Å². The summed E-state index contributed by atoms with van der Waals surface area (Å²) in [6.07, 6.45) is 0. The van der Waals surface area contributed by atoms with Gasteiger partial charge in [-0.3, -0.25) is 0 Å². The minimum absolute atomic E-state index is 0.454. The predicted molar refractivity (Wildman–Crippen MR) is 157 cm³/mol. The van der Waals surface area contributed by atoms with Crippen LogP contribution >= 0.6 is 0 Å². The van der Waals surface area contributed by atoms with Gasteiger partial charge in [-0.05, 0) is 55.3 Å². The Hall–Kier alpha value is -3.86. The molecule has 0 unspecified atom stereocenters. The molecule has 0 atom stereocenters. The summed E-state index contributed by atoms with van der Waals surface area (Å²) in [6.45, 7) is 8.38. The van der Waals surface area contributed by atoms with Crippen LogP contribution in [0, 0.1) is 0 Å².